The van der Waals surface area contributed by atoms with Crippen molar-refractivity contribution >= 4 is 26.7 Å². The van der Waals surface area contributed by atoms with E-state index in [9.17, 15) is 31.5 Å². The van der Waals surface area contributed by atoms with Crippen LogP contribution in [0.25, 0.3) is 10.9 Å². The second-order valence-corrected chi connectivity index (χ2v) is 9.17. The fourth-order valence-electron chi connectivity index (χ4n) is 3.85. The number of carboxylic acids is 1. The van der Waals surface area contributed by atoms with Crippen LogP contribution in [0.1, 0.15) is 17.0 Å². The summed E-state index contributed by atoms with van der Waals surface area (Å²) in [5.74, 6) is -3.73. The highest BCUT2D eigenvalue weighted by Crippen LogP contribution is 2.32. The number of aromatic amines is 1. The Morgan fingerprint density at radius 1 is 1.03 bits per heavy atom. The van der Waals surface area contributed by atoms with E-state index in [0.29, 0.717) is 28.2 Å². The first-order valence-corrected chi connectivity index (χ1v) is 10.9. The number of hydrogen-bond acceptors (Lipinski definition) is 3. The standard InChI is InChI=1S/C22H17F3N2O4S/c1-12-15(16-8-13(23)2-4-19(16)27(12)11-22(28)29)10-18-21(6-7-26-18)32(30,31)20-5-3-14(24)9-17(20)25/h2-9,26H,10-11H2,1H3,(H,28,29). The predicted molar refractivity (Wildman–Crippen MR) is 110 cm³/mol. The van der Waals surface area contributed by atoms with Gasteiger partial charge in [-0.25, -0.2) is 21.6 Å². The molecule has 166 valence electrons. The van der Waals surface area contributed by atoms with Crippen LogP contribution in [0.4, 0.5) is 13.2 Å². The van der Waals surface area contributed by atoms with Gasteiger partial charge in [0, 0.05) is 41.0 Å². The average molecular weight is 462 g/mol. The number of carboxylic acid groups (broad SMARTS) is 1. The maximum Gasteiger partial charge on any atom is 0.323 e. The number of H-pyrrole nitrogens is 1. The number of fused-ring (bicyclic) bond motifs is 1. The molecule has 0 aliphatic carbocycles. The molecule has 2 aromatic heterocycles. The molecule has 0 saturated heterocycles. The van der Waals surface area contributed by atoms with Gasteiger partial charge in [-0.1, -0.05) is 0 Å². The molecular formula is C22H17F3N2O4S. The van der Waals surface area contributed by atoms with Crippen LogP contribution in [-0.2, 0) is 27.6 Å². The zero-order valence-corrected chi connectivity index (χ0v) is 17.5. The molecule has 2 N–H and O–H groups in total. The maximum absolute atomic E-state index is 14.2. The van der Waals surface area contributed by atoms with E-state index in [4.69, 9.17) is 0 Å². The molecule has 2 aromatic carbocycles. The highest BCUT2D eigenvalue weighted by molar-refractivity contribution is 7.91. The van der Waals surface area contributed by atoms with Crippen molar-refractivity contribution in [3.63, 3.8) is 0 Å². The number of halogens is 3. The molecule has 0 fully saturated rings. The molecule has 6 nitrogen and oxygen atoms in total. The number of carbonyl (C=O) groups is 1. The monoisotopic (exact) mass is 462 g/mol. The number of benzene rings is 2. The Kier molecular flexibility index (Phi) is 5.33. The quantitative estimate of drug-likeness (QED) is 0.420. The molecule has 0 aliphatic heterocycles. The van der Waals surface area contributed by atoms with E-state index < -0.39 is 38.2 Å². The topological polar surface area (TPSA) is 92.2 Å². The summed E-state index contributed by atoms with van der Waals surface area (Å²) < 4.78 is 69.1. The number of hydrogen-bond donors (Lipinski definition) is 2. The van der Waals surface area contributed by atoms with Crippen molar-refractivity contribution in [3.05, 3.63) is 83.1 Å². The SMILES string of the molecule is Cc1c(Cc2[nH]ccc2S(=O)(=O)c2ccc(F)cc2F)c2cc(F)ccc2n1CC(=O)O. The van der Waals surface area contributed by atoms with Crippen LogP contribution in [0.15, 0.2) is 58.5 Å². The smallest absolute Gasteiger partial charge is 0.323 e. The first-order valence-electron chi connectivity index (χ1n) is 9.45. The van der Waals surface area contributed by atoms with E-state index in [0.717, 1.165) is 12.1 Å². The van der Waals surface area contributed by atoms with E-state index in [1.807, 2.05) is 0 Å². The van der Waals surface area contributed by atoms with E-state index >= 15 is 0 Å². The second-order valence-electron chi connectivity index (χ2n) is 7.28. The average Bonchev–Trinajstić information content (AvgIpc) is 3.27. The zero-order chi connectivity index (χ0) is 23.2. The normalized spacial score (nSPS) is 11.9. The Bertz CT molecular complexity index is 1470. The summed E-state index contributed by atoms with van der Waals surface area (Å²) in [7, 11) is -4.33. The predicted octanol–water partition coefficient (Wildman–Crippen LogP) is 4.20. The van der Waals surface area contributed by atoms with Crippen LogP contribution in [0, 0.1) is 24.4 Å². The Hall–Kier alpha value is -3.53. The molecule has 0 saturated carbocycles. The Balaban J connectivity index is 1.84. The van der Waals surface area contributed by atoms with Crippen molar-refractivity contribution in [3.8, 4) is 0 Å². The number of aliphatic carboxylic acids is 1. The molecule has 0 amide bonds. The van der Waals surface area contributed by atoms with Crippen LogP contribution in [-0.4, -0.2) is 29.0 Å². The molecule has 4 rings (SSSR count). The summed E-state index contributed by atoms with van der Waals surface area (Å²) in [4.78, 5) is 13.3. The number of aromatic nitrogens is 2. The van der Waals surface area contributed by atoms with Crippen LogP contribution in [0.3, 0.4) is 0 Å². The van der Waals surface area contributed by atoms with Crippen LogP contribution >= 0.6 is 0 Å². The molecule has 0 spiro atoms. The minimum atomic E-state index is -4.33. The van der Waals surface area contributed by atoms with Gasteiger partial charge in [-0.15, -0.1) is 0 Å². The largest absolute Gasteiger partial charge is 0.480 e. The second kappa shape index (κ2) is 7.86. The molecule has 0 aliphatic rings. The number of nitrogens with one attached hydrogen (secondary N) is 1. The van der Waals surface area contributed by atoms with Crippen molar-refractivity contribution in [1.29, 1.82) is 0 Å². The van der Waals surface area contributed by atoms with Crippen LogP contribution in [0.2, 0.25) is 0 Å². The van der Waals surface area contributed by atoms with Crippen molar-refractivity contribution in [1.82, 2.24) is 9.55 Å². The highest BCUT2D eigenvalue weighted by Gasteiger charge is 2.27. The van der Waals surface area contributed by atoms with Gasteiger partial charge in [-0.05, 0) is 48.9 Å². The Morgan fingerprint density at radius 3 is 2.41 bits per heavy atom. The Morgan fingerprint density at radius 2 is 1.72 bits per heavy atom. The minimum Gasteiger partial charge on any atom is -0.480 e. The van der Waals surface area contributed by atoms with Crippen molar-refractivity contribution < 1.29 is 31.5 Å². The lowest BCUT2D eigenvalue weighted by Gasteiger charge is -2.09. The lowest BCUT2D eigenvalue weighted by atomic mass is 10.1. The van der Waals surface area contributed by atoms with Gasteiger partial charge in [0.05, 0.1) is 4.90 Å². The van der Waals surface area contributed by atoms with E-state index in [1.54, 1.807) is 6.92 Å². The van der Waals surface area contributed by atoms with Gasteiger partial charge < -0.3 is 14.7 Å². The molecule has 0 unspecified atom stereocenters. The lowest BCUT2D eigenvalue weighted by molar-refractivity contribution is -0.137. The molecule has 0 atom stereocenters. The lowest BCUT2D eigenvalue weighted by Crippen LogP contribution is -2.10. The molecule has 0 radical (unpaired) electrons. The molecule has 10 heteroatoms. The third kappa shape index (κ3) is 3.66. The van der Waals surface area contributed by atoms with Crippen LogP contribution in [0.5, 0.6) is 0 Å². The summed E-state index contributed by atoms with van der Waals surface area (Å²) in [5, 5.41) is 9.69. The summed E-state index contributed by atoms with van der Waals surface area (Å²) in [6.07, 6.45) is 1.36. The van der Waals surface area contributed by atoms with Gasteiger partial charge in [0.15, 0.2) is 0 Å². The fraction of sp³-hybridized carbons (Fsp3) is 0.136. The number of nitrogens with zero attached hydrogens (tertiary/aromatic N) is 1. The summed E-state index contributed by atoms with van der Waals surface area (Å²) >= 11 is 0. The van der Waals surface area contributed by atoms with Gasteiger partial charge in [-0.3, -0.25) is 4.79 Å². The fourth-order valence-corrected chi connectivity index (χ4v) is 5.36. The highest BCUT2D eigenvalue weighted by atomic mass is 32.2. The van der Waals surface area contributed by atoms with E-state index in [2.05, 4.69) is 4.98 Å². The first kappa shape index (κ1) is 21.7. The zero-order valence-electron chi connectivity index (χ0n) is 16.7. The van der Waals surface area contributed by atoms with Crippen LogP contribution < -0.4 is 0 Å². The van der Waals surface area contributed by atoms with Crippen molar-refractivity contribution in [2.75, 3.05) is 0 Å². The molecular weight excluding hydrogens is 445 g/mol. The maximum atomic E-state index is 14.2. The van der Waals surface area contributed by atoms with Gasteiger partial charge in [0.2, 0.25) is 9.84 Å². The minimum absolute atomic E-state index is 0.0111. The van der Waals surface area contributed by atoms with Crippen molar-refractivity contribution in [2.24, 2.45) is 0 Å². The first-order chi connectivity index (χ1) is 15.1. The van der Waals surface area contributed by atoms with Gasteiger partial charge in [0.25, 0.3) is 0 Å². The third-order valence-corrected chi connectivity index (χ3v) is 7.20. The van der Waals surface area contributed by atoms with E-state index in [-0.39, 0.29) is 23.6 Å². The summed E-state index contributed by atoms with van der Waals surface area (Å²) in [6.45, 7) is 1.30. The van der Waals surface area contributed by atoms with Gasteiger partial charge >= 0.3 is 5.97 Å². The molecule has 32 heavy (non-hydrogen) atoms. The number of rotatable bonds is 6. The number of sulfone groups is 1. The van der Waals surface area contributed by atoms with Gasteiger partial charge in [-0.2, -0.15) is 0 Å². The van der Waals surface area contributed by atoms with E-state index in [1.165, 1.54) is 35.0 Å². The summed E-state index contributed by atoms with van der Waals surface area (Å²) in [6, 6.07) is 7.40. The third-order valence-electron chi connectivity index (χ3n) is 5.33. The van der Waals surface area contributed by atoms with Gasteiger partial charge in [0.1, 0.15) is 28.9 Å². The molecule has 4 aromatic rings. The molecule has 0 bridgehead atoms. The molecule has 2 heterocycles. The summed E-state index contributed by atoms with van der Waals surface area (Å²) in [5.41, 5.74) is 1.75. The Labute approximate surface area is 180 Å². The van der Waals surface area contributed by atoms with Crippen molar-refractivity contribution in [2.45, 2.75) is 29.7 Å².